The quantitative estimate of drug-likeness (QED) is 0.697. The summed E-state index contributed by atoms with van der Waals surface area (Å²) in [6.45, 7) is 0.159. The van der Waals surface area contributed by atoms with Crippen LogP contribution < -0.4 is 10.5 Å². The summed E-state index contributed by atoms with van der Waals surface area (Å²) < 4.78 is 26.0. The van der Waals surface area contributed by atoms with Gasteiger partial charge in [-0.05, 0) is 18.2 Å². The van der Waals surface area contributed by atoms with E-state index in [1.165, 1.54) is 30.0 Å². The number of methoxy groups -OCH3 is 1. The van der Waals surface area contributed by atoms with Gasteiger partial charge in [0.05, 0.1) is 18.4 Å². The SMILES string of the molecule is COC(=O)c1c(N)c(C#N)cn1-c1ccc(OCc2cccnc2)c(F)c1. The predicted molar refractivity (Wildman–Crippen MR) is 94.8 cm³/mol. The standard InChI is InChI=1S/C19H15FN4O3/c1-26-19(25)18-17(22)13(8-21)10-24(18)14-4-5-16(15(20)7-14)27-11-12-3-2-6-23-9-12/h2-7,9-10H,11,22H2,1H3. The molecule has 0 bridgehead atoms. The molecule has 3 aromatic rings. The van der Waals surface area contributed by atoms with Gasteiger partial charge >= 0.3 is 5.97 Å². The first-order chi connectivity index (χ1) is 13.0. The van der Waals surface area contributed by atoms with Crippen LogP contribution in [-0.4, -0.2) is 22.6 Å². The van der Waals surface area contributed by atoms with Crippen LogP contribution in [0.3, 0.4) is 0 Å². The van der Waals surface area contributed by atoms with Crippen molar-refractivity contribution in [3.63, 3.8) is 0 Å². The molecule has 0 saturated carbocycles. The van der Waals surface area contributed by atoms with Crippen molar-refractivity contribution in [2.75, 3.05) is 12.8 Å². The first kappa shape index (κ1) is 17.9. The lowest BCUT2D eigenvalue weighted by molar-refractivity contribution is 0.0593. The fraction of sp³-hybridized carbons (Fsp3) is 0.105. The van der Waals surface area contributed by atoms with Crippen LogP contribution in [0.25, 0.3) is 5.69 Å². The van der Waals surface area contributed by atoms with Crippen molar-refractivity contribution in [2.45, 2.75) is 6.61 Å². The molecule has 0 aliphatic carbocycles. The lowest BCUT2D eigenvalue weighted by Gasteiger charge is -2.11. The lowest BCUT2D eigenvalue weighted by Crippen LogP contribution is -2.11. The second kappa shape index (κ2) is 7.58. The van der Waals surface area contributed by atoms with Gasteiger partial charge in [0.1, 0.15) is 12.7 Å². The molecule has 0 amide bonds. The van der Waals surface area contributed by atoms with Crippen LogP contribution in [-0.2, 0) is 11.3 Å². The Bertz CT molecular complexity index is 1030. The molecule has 136 valence electrons. The molecule has 27 heavy (non-hydrogen) atoms. The molecule has 1 aromatic carbocycles. The Kier molecular flexibility index (Phi) is 5.04. The number of nitriles is 1. The summed E-state index contributed by atoms with van der Waals surface area (Å²) in [5, 5.41) is 9.14. The van der Waals surface area contributed by atoms with Crippen molar-refractivity contribution in [1.82, 2.24) is 9.55 Å². The minimum absolute atomic E-state index is 0.0262. The molecule has 0 atom stereocenters. The number of esters is 1. The van der Waals surface area contributed by atoms with E-state index in [0.717, 1.165) is 5.56 Å². The maximum absolute atomic E-state index is 14.5. The van der Waals surface area contributed by atoms with E-state index in [1.807, 2.05) is 12.1 Å². The number of nitrogen functional groups attached to an aromatic ring is 1. The molecule has 2 N–H and O–H groups in total. The molecule has 3 rings (SSSR count). The highest BCUT2D eigenvalue weighted by Gasteiger charge is 2.22. The third kappa shape index (κ3) is 3.57. The van der Waals surface area contributed by atoms with Gasteiger partial charge in [-0.15, -0.1) is 0 Å². The second-order valence-corrected chi connectivity index (χ2v) is 5.54. The summed E-state index contributed by atoms with van der Waals surface area (Å²) in [5.41, 5.74) is 6.96. The number of hydrogen-bond donors (Lipinski definition) is 1. The number of hydrogen-bond acceptors (Lipinski definition) is 6. The van der Waals surface area contributed by atoms with E-state index in [9.17, 15) is 9.18 Å². The number of carbonyl (C=O) groups is 1. The van der Waals surface area contributed by atoms with Crippen molar-refractivity contribution < 1.29 is 18.7 Å². The van der Waals surface area contributed by atoms with E-state index in [-0.39, 0.29) is 29.3 Å². The monoisotopic (exact) mass is 366 g/mol. The molecule has 0 fully saturated rings. The minimum Gasteiger partial charge on any atom is -0.486 e. The molecule has 0 aliphatic heterocycles. The van der Waals surface area contributed by atoms with Crippen LogP contribution >= 0.6 is 0 Å². The van der Waals surface area contributed by atoms with Crippen molar-refractivity contribution in [3.05, 3.63) is 71.6 Å². The average Bonchev–Trinajstić information content (AvgIpc) is 3.03. The van der Waals surface area contributed by atoms with Crippen LogP contribution in [0.5, 0.6) is 5.75 Å². The Morgan fingerprint density at radius 2 is 2.22 bits per heavy atom. The normalized spacial score (nSPS) is 10.3. The molecule has 0 unspecified atom stereocenters. The van der Waals surface area contributed by atoms with Gasteiger partial charge in [0, 0.05) is 35.9 Å². The predicted octanol–water partition coefficient (Wildman–Crippen LogP) is 2.83. The Balaban J connectivity index is 1.92. The maximum atomic E-state index is 14.5. The molecule has 7 nitrogen and oxygen atoms in total. The number of rotatable bonds is 5. The molecule has 2 aromatic heterocycles. The number of benzene rings is 1. The van der Waals surface area contributed by atoms with E-state index in [4.69, 9.17) is 20.5 Å². The van der Waals surface area contributed by atoms with Gasteiger partial charge in [0.15, 0.2) is 17.3 Å². The first-order valence-corrected chi connectivity index (χ1v) is 7.86. The molecular formula is C19H15FN4O3. The van der Waals surface area contributed by atoms with E-state index in [1.54, 1.807) is 24.5 Å². The number of carbonyl (C=O) groups excluding carboxylic acids is 1. The summed E-state index contributed by atoms with van der Waals surface area (Å²) in [6.07, 6.45) is 4.61. The minimum atomic E-state index is -0.730. The number of nitrogens with zero attached hydrogens (tertiary/aromatic N) is 3. The third-order valence-corrected chi connectivity index (χ3v) is 3.85. The number of aromatic nitrogens is 2. The fourth-order valence-electron chi connectivity index (χ4n) is 2.52. The van der Waals surface area contributed by atoms with Gasteiger partial charge < -0.3 is 19.8 Å². The molecule has 8 heteroatoms. The molecule has 0 spiro atoms. The third-order valence-electron chi connectivity index (χ3n) is 3.85. The number of pyridine rings is 1. The maximum Gasteiger partial charge on any atom is 0.357 e. The Labute approximate surface area is 154 Å². The van der Waals surface area contributed by atoms with Crippen molar-refractivity contribution in [3.8, 4) is 17.5 Å². The van der Waals surface area contributed by atoms with Gasteiger partial charge in [-0.25, -0.2) is 9.18 Å². The summed E-state index contributed by atoms with van der Waals surface area (Å²) in [4.78, 5) is 16.0. The molecule has 2 heterocycles. The van der Waals surface area contributed by atoms with Gasteiger partial charge in [-0.2, -0.15) is 5.26 Å². The van der Waals surface area contributed by atoms with Gasteiger partial charge in [0.25, 0.3) is 0 Å². The molecular weight excluding hydrogens is 351 g/mol. The smallest absolute Gasteiger partial charge is 0.357 e. The summed E-state index contributed by atoms with van der Waals surface area (Å²) in [7, 11) is 1.20. The van der Waals surface area contributed by atoms with Crippen molar-refractivity contribution in [2.24, 2.45) is 0 Å². The highest BCUT2D eigenvalue weighted by molar-refractivity contribution is 5.95. The second-order valence-electron chi connectivity index (χ2n) is 5.54. The number of ether oxygens (including phenoxy) is 2. The van der Waals surface area contributed by atoms with E-state index < -0.39 is 11.8 Å². The Morgan fingerprint density at radius 1 is 1.41 bits per heavy atom. The Hall–Kier alpha value is -3.86. The first-order valence-electron chi connectivity index (χ1n) is 7.86. The van der Waals surface area contributed by atoms with E-state index in [2.05, 4.69) is 4.98 Å². The Morgan fingerprint density at radius 3 is 2.85 bits per heavy atom. The van der Waals surface area contributed by atoms with Crippen LogP contribution in [0.1, 0.15) is 21.6 Å². The highest BCUT2D eigenvalue weighted by Crippen LogP contribution is 2.27. The largest absolute Gasteiger partial charge is 0.486 e. The van der Waals surface area contributed by atoms with Crippen LogP contribution in [0, 0.1) is 17.1 Å². The summed E-state index contributed by atoms with van der Waals surface area (Å²) in [6, 6.07) is 9.64. The number of anilines is 1. The van der Waals surface area contributed by atoms with Gasteiger partial charge in [0.2, 0.25) is 0 Å². The van der Waals surface area contributed by atoms with E-state index in [0.29, 0.717) is 5.69 Å². The van der Waals surface area contributed by atoms with Crippen LogP contribution in [0.4, 0.5) is 10.1 Å². The topological polar surface area (TPSA) is 103 Å². The average molecular weight is 366 g/mol. The van der Waals surface area contributed by atoms with Crippen molar-refractivity contribution in [1.29, 1.82) is 5.26 Å². The van der Waals surface area contributed by atoms with Crippen LogP contribution in [0.15, 0.2) is 48.9 Å². The van der Waals surface area contributed by atoms with Gasteiger partial charge in [-0.3, -0.25) is 4.98 Å². The van der Waals surface area contributed by atoms with Gasteiger partial charge in [-0.1, -0.05) is 6.07 Å². The van der Waals surface area contributed by atoms with Crippen LogP contribution in [0.2, 0.25) is 0 Å². The molecule has 0 aliphatic rings. The summed E-state index contributed by atoms with van der Waals surface area (Å²) in [5.74, 6) is -1.31. The number of halogens is 1. The fourth-order valence-corrected chi connectivity index (χ4v) is 2.52. The highest BCUT2D eigenvalue weighted by atomic mass is 19.1. The zero-order valence-electron chi connectivity index (χ0n) is 14.3. The summed E-state index contributed by atoms with van der Waals surface area (Å²) >= 11 is 0. The lowest BCUT2D eigenvalue weighted by atomic mass is 10.2. The van der Waals surface area contributed by atoms with E-state index >= 15 is 0 Å². The zero-order valence-corrected chi connectivity index (χ0v) is 14.3. The zero-order chi connectivity index (χ0) is 19.4. The molecule has 0 radical (unpaired) electrons. The molecule has 0 saturated heterocycles. The van der Waals surface area contributed by atoms with Crippen molar-refractivity contribution >= 4 is 11.7 Å². The number of nitrogens with two attached hydrogens (primary N) is 1.